The van der Waals surface area contributed by atoms with Crippen LogP contribution in [0.3, 0.4) is 0 Å². The van der Waals surface area contributed by atoms with E-state index in [1.54, 1.807) is 32.0 Å². The molecular weight excluding hydrogens is 596 g/mol. The maximum atomic E-state index is 16.3. The molecule has 11 heteroatoms. The number of aldehydes is 1. The molecule has 2 aliphatic heterocycles. The summed E-state index contributed by atoms with van der Waals surface area (Å²) in [5, 5.41) is 3.39. The van der Waals surface area contributed by atoms with Crippen LogP contribution in [0, 0.1) is 24.2 Å². The monoisotopic (exact) mass is 643 g/mol. The number of hydrogen-bond donors (Lipinski definition) is 1. The maximum absolute atomic E-state index is 16.3. The number of aromatic nitrogens is 1. The van der Waals surface area contributed by atoms with Gasteiger partial charge in [0.05, 0.1) is 30.8 Å². The minimum atomic E-state index is -3.26. The first kappa shape index (κ1) is 33.9. The summed E-state index contributed by atoms with van der Waals surface area (Å²) >= 11 is 0. The van der Waals surface area contributed by atoms with Gasteiger partial charge in [0.15, 0.2) is 0 Å². The first-order chi connectivity index (χ1) is 21.6. The molecule has 3 aliphatic rings. The molecule has 0 radical (unpaired) electrons. The van der Waals surface area contributed by atoms with Crippen LogP contribution in [0.15, 0.2) is 18.2 Å². The van der Waals surface area contributed by atoms with Gasteiger partial charge in [-0.1, -0.05) is 34.1 Å². The zero-order chi connectivity index (χ0) is 33.6. The molecule has 3 heterocycles. The zero-order valence-electron chi connectivity index (χ0n) is 28.0. The van der Waals surface area contributed by atoms with Crippen molar-refractivity contribution in [2.24, 2.45) is 17.3 Å². The highest BCUT2D eigenvalue weighted by Gasteiger charge is 2.49. The number of methoxy groups -OCH3 is 1. The minimum absolute atomic E-state index is 0.00660. The van der Waals surface area contributed by atoms with Crippen LogP contribution >= 0.6 is 0 Å². The largest absolute Gasteiger partial charge is 0.497 e. The van der Waals surface area contributed by atoms with Crippen LogP contribution in [0.2, 0.25) is 0 Å². The normalized spacial score (nSPS) is 30.7. The first-order valence-electron chi connectivity index (χ1n) is 16.4. The van der Waals surface area contributed by atoms with Gasteiger partial charge in [-0.25, -0.2) is 18.6 Å². The number of carbonyl (C=O) groups is 3. The third-order valence-electron chi connectivity index (χ3n) is 10.4. The van der Waals surface area contributed by atoms with Gasteiger partial charge in [-0.15, -0.1) is 0 Å². The lowest BCUT2D eigenvalue weighted by Crippen LogP contribution is -2.57. The molecule has 252 valence electrons. The standard InChI is InChI=1S/C35H47F2N3O6/c1-20-24-14-13-23(44-7)17-25(24)38-30-28(20)35(36,37)16-9-8-11-22-12-10-15-34(22,6)46-32(43)39-29(33(3,4)5)31(42)40-18-27(45-30)21(2)26(40)19-41/h13-14,17,19,21-22,26-27,29H,8-12,15-16,18H2,1-7H3,(H,39,43)/t21-,22+,26+,27-,29+,34+/m0/s1. The Labute approximate surface area is 269 Å². The van der Waals surface area contributed by atoms with Gasteiger partial charge in [0.25, 0.3) is 5.92 Å². The number of nitrogens with zero attached hydrogens (tertiary/aromatic N) is 2. The number of benzene rings is 1. The van der Waals surface area contributed by atoms with Gasteiger partial charge < -0.3 is 29.2 Å². The number of alkyl halides is 2. The molecule has 1 saturated carbocycles. The van der Waals surface area contributed by atoms with Crippen molar-refractivity contribution in [2.75, 3.05) is 13.7 Å². The molecule has 0 spiro atoms. The maximum Gasteiger partial charge on any atom is 0.408 e. The van der Waals surface area contributed by atoms with E-state index in [1.165, 1.54) is 12.0 Å². The Balaban J connectivity index is 1.61. The van der Waals surface area contributed by atoms with E-state index in [4.69, 9.17) is 14.2 Å². The fourth-order valence-electron chi connectivity index (χ4n) is 7.56. The van der Waals surface area contributed by atoms with E-state index in [2.05, 4.69) is 10.3 Å². The van der Waals surface area contributed by atoms with Gasteiger partial charge >= 0.3 is 6.09 Å². The average molecular weight is 644 g/mol. The fourth-order valence-corrected chi connectivity index (χ4v) is 7.56. The predicted octanol–water partition coefficient (Wildman–Crippen LogP) is 6.71. The Bertz CT molecular complexity index is 1490. The minimum Gasteiger partial charge on any atom is -0.497 e. The third-order valence-corrected chi connectivity index (χ3v) is 10.4. The van der Waals surface area contributed by atoms with E-state index >= 15 is 8.78 Å². The molecule has 1 aliphatic carbocycles. The Morgan fingerprint density at radius 3 is 2.52 bits per heavy atom. The summed E-state index contributed by atoms with van der Waals surface area (Å²) < 4.78 is 50.4. The van der Waals surface area contributed by atoms with Crippen molar-refractivity contribution in [3.8, 4) is 11.6 Å². The molecule has 46 heavy (non-hydrogen) atoms. The number of hydrogen-bond acceptors (Lipinski definition) is 7. The summed E-state index contributed by atoms with van der Waals surface area (Å²) in [5.74, 6) is -3.95. The predicted molar refractivity (Wildman–Crippen MR) is 169 cm³/mol. The van der Waals surface area contributed by atoms with Crippen LogP contribution in [0.25, 0.3) is 10.9 Å². The number of rotatable bonds is 2. The summed E-state index contributed by atoms with van der Waals surface area (Å²) in [6, 6.07) is 3.20. The number of ether oxygens (including phenoxy) is 3. The van der Waals surface area contributed by atoms with Gasteiger partial charge in [-0.3, -0.25) is 4.79 Å². The van der Waals surface area contributed by atoms with Crippen LogP contribution in [0.5, 0.6) is 11.6 Å². The number of fused-ring (bicyclic) bond motifs is 5. The Hall–Kier alpha value is -3.50. The quantitative estimate of drug-likeness (QED) is 0.363. The highest BCUT2D eigenvalue weighted by molar-refractivity contribution is 5.89. The SMILES string of the molecule is COc1ccc2c(C)c3c(nc2c1)O[C@H]1CN(C(=O)[C@H](C(C)(C)C)NC(=O)O[C@]2(C)CCC[C@H]2CCCCC3(F)F)[C@H](C=O)[C@@H]1C. The Morgan fingerprint density at radius 1 is 1.13 bits per heavy atom. The van der Waals surface area contributed by atoms with Crippen LogP contribution in [-0.2, 0) is 20.2 Å². The van der Waals surface area contributed by atoms with Gasteiger partial charge in [0.2, 0.25) is 11.8 Å². The fraction of sp³-hybridized carbons (Fsp3) is 0.657. The van der Waals surface area contributed by atoms with Crippen molar-refractivity contribution < 1.29 is 37.4 Å². The number of nitrogens with one attached hydrogen (secondary N) is 1. The summed E-state index contributed by atoms with van der Waals surface area (Å²) in [5.41, 5.74) is -0.980. The van der Waals surface area contributed by atoms with Crippen LogP contribution in [0.1, 0.15) is 90.7 Å². The molecule has 2 fully saturated rings. The Kier molecular flexibility index (Phi) is 9.27. The lowest BCUT2D eigenvalue weighted by molar-refractivity contribution is -0.139. The zero-order valence-corrected chi connectivity index (χ0v) is 28.0. The van der Waals surface area contributed by atoms with E-state index in [0.717, 1.165) is 12.8 Å². The molecule has 9 nitrogen and oxygen atoms in total. The van der Waals surface area contributed by atoms with Crippen molar-refractivity contribution in [2.45, 2.75) is 116 Å². The van der Waals surface area contributed by atoms with E-state index < -0.39 is 59.5 Å². The smallest absolute Gasteiger partial charge is 0.408 e. The lowest BCUT2D eigenvalue weighted by Gasteiger charge is -2.37. The molecule has 1 N–H and O–H groups in total. The van der Waals surface area contributed by atoms with Gasteiger partial charge in [-0.2, -0.15) is 0 Å². The van der Waals surface area contributed by atoms with Crippen molar-refractivity contribution >= 4 is 29.2 Å². The highest BCUT2D eigenvalue weighted by atomic mass is 19.3. The van der Waals surface area contributed by atoms with E-state index in [1.807, 2.05) is 27.7 Å². The molecule has 5 rings (SSSR count). The molecule has 1 saturated heterocycles. The van der Waals surface area contributed by atoms with Crippen LogP contribution < -0.4 is 14.8 Å². The number of pyridine rings is 1. The van der Waals surface area contributed by atoms with Crippen molar-refractivity contribution in [3.05, 3.63) is 29.3 Å². The first-order valence-corrected chi connectivity index (χ1v) is 16.4. The van der Waals surface area contributed by atoms with Gasteiger partial charge in [0, 0.05) is 23.8 Å². The highest BCUT2D eigenvalue weighted by Crippen LogP contribution is 2.46. The molecule has 0 unspecified atom stereocenters. The van der Waals surface area contributed by atoms with Gasteiger partial charge in [0.1, 0.15) is 29.8 Å². The number of aryl methyl sites for hydroxylation is 1. The summed E-state index contributed by atoms with van der Waals surface area (Å²) in [7, 11) is 1.52. The van der Waals surface area contributed by atoms with Gasteiger partial charge in [-0.05, 0) is 75.0 Å². The van der Waals surface area contributed by atoms with Crippen molar-refractivity contribution in [1.29, 1.82) is 0 Å². The molecule has 1 aromatic carbocycles. The Morgan fingerprint density at radius 2 is 1.85 bits per heavy atom. The van der Waals surface area contributed by atoms with E-state index in [0.29, 0.717) is 47.8 Å². The second-order valence-electron chi connectivity index (χ2n) is 14.6. The van der Waals surface area contributed by atoms with Crippen LogP contribution in [-0.4, -0.2) is 65.6 Å². The molecule has 1 aromatic heterocycles. The summed E-state index contributed by atoms with van der Waals surface area (Å²) in [4.78, 5) is 45.9. The molecule has 2 aromatic rings. The second-order valence-corrected chi connectivity index (χ2v) is 14.6. The third kappa shape index (κ3) is 6.38. The van der Waals surface area contributed by atoms with E-state index in [9.17, 15) is 14.4 Å². The molecular formula is C35H47F2N3O6. The topological polar surface area (TPSA) is 107 Å². The average Bonchev–Trinajstić information content (AvgIpc) is 3.50. The molecule has 2 amide bonds. The van der Waals surface area contributed by atoms with Crippen LogP contribution in [0.4, 0.5) is 13.6 Å². The van der Waals surface area contributed by atoms with E-state index in [-0.39, 0.29) is 30.3 Å². The summed E-state index contributed by atoms with van der Waals surface area (Å²) in [6.07, 6.45) is 2.51. The van der Waals surface area contributed by atoms with Crippen molar-refractivity contribution in [1.82, 2.24) is 15.2 Å². The lowest BCUT2D eigenvalue weighted by atomic mass is 9.85. The number of halogens is 2. The molecule has 6 atom stereocenters. The number of alkyl carbamates (subject to hydrolysis) is 1. The number of carbonyl (C=O) groups excluding carboxylic acids is 3. The van der Waals surface area contributed by atoms with Crippen molar-refractivity contribution in [3.63, 3.8) is 0 Å². The number of amides is 2. The summed E-state index contributed by atoms with van der Waals surface area (Å²) in [6.45, 7) is 10.7. The molecule has 2 bridgehead atoms. The second kappa shape index (κ2) is 12.6.